The van der Waals surface area contributed by atoms with E-state index in [2.05, 4.69) is 20.7 Å². The molecule has 2 aromatic carbocycles. The van der Waals surface area contributed by atoms with Crippen molar-refractivity contribution in [2.45, 2.75) is 19.4 Å². The second-order valence-electron chi connectivity index (χ2n) is 6.17. The van der Waals surface area contributed by atoms with Crippen LogP contribution >= 0.6 is 0 Å². The monoisotopic (exact) mass is 363 g/mol. The fourth-order valence-corrected chi connectivity index (χ4v) is 2.94. The standard InChI is InChI=1S/C20H18FN5O/c1-2-18(27)23-19-24-20-22-16(13-6-4-3-5-7-13)12-17(26(20)25-19)14-8-10-15(21)11-9-14/h3-12,17H,2H2,1H3,(H2,22,23,24,25,27)/t17-/m0/s1. The smallest absolute Gasteiger partial charge is 0.250 e. The summed E-state index contributed by atoms with van der Waals surface area (Å²) in [5.41, 5.74) is 2.74. The van der Waals surface area contributed by atoms with Gasteiger partial charge in [-0.25, -0.2) is 9.07 Å². The highest BCUT2D eigenvalue weighted by atomic mass is 19.1. The molecule has 1 atom stereocenters. The summed E-state index contributed by atoms with van der Waals surface area (Å²) in [4.78, 5) is 16.1. The van der Waals surface area contributed by atoms with E-state index in [9.17, 15) is 9.18 Å². The summed E-state index contributed by atoms with van der Waals surface area (Å²) >= 11 is 0. The number of hydrogen-bond donors (Lipinski definition) is 2. The highest BCUT2D eigenvalue weighted by Crippen LogP contribution is 2.33. The number of carbonyl (C=O) groups is 1. The summed E-state index contributed by atoms with van der Waals surface area (Å²) in [6, 6.07) is 15.9. The van der Waals surface area contributed by atoms with Crippen molar-refractivity contribution in [3.63, 3.8) is 0 Å². The molecule has 0 bridgehead atoms. The topological polar surface area (TPSA) is 71.8 Å². The van der Waals surface area contributed by atoms with Crippen LogP contribution in [-0.2, 0) is 4.79 Å². The first-order valence-electron chi connectivity index (χ1n) is 8.70. The summed E-state index contributed by atoms with van der Waals surface area (Å²) in [7, 11) is 0. The van der Waals surface area contributed by atoms with Gasteiger partial charge in [0.2, 0.25) is 11.9 Å². The molecule has 0 unspecified atom stereocenters. The van der Waals surface area contributed by atoms with E-state index in [1.54, 1.807) is 23.7 Å². The van der Waals surface area contributed by atoms with E-state index in [0.29, 0.717) is 12.4 Å². The fourth-order valence-electron chi connectivity index (χ4n) is 2.94. The molecule has 136 valence electrons. The molecule has 2 heterocycles. The lowest BCUT2D eigenvalue weighted by molar-refractivity contribution is -0.115. The van der Waals surface area contributed by atoms with Gasteiger partial charge in [0, 0.05) is 12.1 Å². The largest absolute Gasteiger partial charge is 0.324 e. The molecule has 3 aromatic rings. The van der Waals surface area contributed by atoms with Gasteiger partial charge < -0.3 is 5.32 Å². The third kappa shape index (κ3) is 3.44. The van der Waals surface area contributed by atoms with E-state index in [-0.39, 0.29) is 23.7 Å². The van der Waals surface area contributed by atoms with Crippen LogP contribution in [0, 0.1) is 5.82 Å². The minimum Gasteiger partial charge on any atom is -0.324 e. The van der Waals surface area contributed by atoms with Gasteiger partial charge in [0.25, 0.3) is 5.95 Å². The summed E-state index contributed by atoms with van der Waals surface area (Å²) in [6.45, 7) is 1.76. The van der Waals surface area contributed by atoms with Crippen molar-refractivity contribution in [3.8, 4) is 0 Å². The van der Waals surface area contributed by atoms with Crippen molar-refractivity contribution in [3.05, 3.63) is 77.6 Å². The normalized spacial score (nSPS) is 15.5. The van der Waals surface area contributed by atoms with Crippen LogP contribution in [0.15, 0.2) is 60.7 Å². The lowest BCUT2D eigenvalue weighted by Gasteiger charge is -2.24. The first kappa shape index (κ1) is 17.0. The van der Waals surface area contributed by atoms with Crippen LogP contribution in [0.2, 0.25) is 0 Å². The number of rotatable bonds is 4. The summed E-state index contributed by atoms with van der Waals surface area (Å²) in [5, 5.41) is 10.4. The molecule has 4 rings (SSSR count). The lowest BCUT2D eigenvalue weighted by atomic mass is 10.0. The zero-order chi connectivity index (χ0) is 18.8. The van der Waals surface area contributed by atoms with Gasteiger partial charge in [0.1, 0.15) is 11.9 Å². The Kier molecular flexibility index (Phi) is 4.42. The van der Waals surface area contributed by atoms with Crippen LogP contribution in [0.4, 0.5) is 16.3 Å². The molecule has 0 radical (unpaired) electrons. The Morgan fingerprint density at radius 3 is 2.63 bits per heavy atom. The van der Waals surface area contributed by atoms with E-state index in [0.717, 1.165) is 16.8 Å². The number of hydrogen-bond acceptors (Lipinski definition) is 4. The SMILES string of the molecule is CCC(=O)Nc1nc2n(n1)[C@H](c1ccc(F)cc1)C=C(c1ccccc1)N2. The number of nitrogens with one attached hydrogen (secondary N) is 2. The average molecular weight is 363 g/mol. The van der Waals surface area contributed by atoms with Gasteiger partial charge in [-0.3, -0.25) is 10.1 Å². The molecular weight excluding hydrogens is 345 g/mol. The molecule has 7 heteroatoms. The first-order chi connectivity index (χ1) is 13.1. The van der Waals surface area contributed by atoms with Crippen molar-refractivity contribution in [1.82, 2.24) is 14.8 Å². The van der Waals surface area contributed by atoms with Crippen LogP contribution < -0.4 is 10.6 Å². The third-order valence-electron chi connectivity index (χ3n) is 4.33. The van der Waals surface area contributed by atoms with Crippen LogP contribution in [-0.4, -0.2) is 20.7 Å². The number of anilines is 2. The molecule has 0 saturated heterocycles. The quantitative estimate of drug-likeness (QED) is 0.739. The number of nitrogens with zero attached hydrogens (tertiary/aromatic N) is 3. The maximum absolute atomic E-state index is 13.4. The molecule has 27 heavy (non-hydrogen) atoms. The van der Waals surface area contributed by atoms with Crippen LogP contribution in [0.5, 0.6) is 0 Å². The van der Waals surface area contributed by atoms with Crippen molar-refractivity contribution in [2.24, 2.45) is 0 Å². The highest BCUT2D eigenvalue weighted by molar-refractivity contribution is 5.89. The Morgan fingerprint density at radius 2 is 1.93 bits per heavy atom. The second-order valence-corrected chi connectivity index (χ2v) is 6.17. The average Bonchev–Trinajstić information content (AvgIpc) is 3.10. The number of aromatic nitrogens is 3. The Bertz CT molecular complexity index is 995. The molecule has 0 saturated carbocycles. The van der Waals surface area contributed by atoms with Gasteiger partial charge in [-0.05, 0) is 29.3 Å². The zero-order valence-electron chi connectivity index (χ0n) is 14.7. The van der Waals surface area contributed by atoms with E-state index in [1.807, 2.05) is 36.4 Å². The zero-order valence-corrected chi connectivity index (χ0v) is 14.7. The lowest BCUT2D eigenvalue weighted by Crippen LogP contribution is -2.20. The maximum atomic E-state index is 13.4. The third-order valence-corrected chi connectivity index (χ3v) is 4.33. The van der Waals surface area contributed by atoms with Gasteiger partial charge in [-0.15, -0.1) is 5.10 Å². The fraction of sp³-hybridized carbons (Fsp3) is 0.150. The molecule has 1 amide bonds. The van der Waals surface area contributed by atoms with Crippen molar-refractivity contribution >= 4 is 23.5 Å². The summed E-state index contributed by atoms with van der Waals surface area (Å²) in [5.74, 6) is 0.290. The molecule has 1 aromatic heterocycles. The van der Waals surface area contributed by atoms with E-state index in [1.165, 1.54) is 12.1 Å². The van der Waals surface area contributed by atoms with Gasteiger partial charge in [-0.2, -0.15) is 4.98 Å². The van der Waals surface area contributed by atoms with Gasteiger partial charge in [0.15, 0.2) is 0 Å². The van der Waals surface area contributed by atoms with Crippen LogP contribution in [0.25, 0.3) is 5.70 Å². The summed E-state index contributed by atoms with van der Waals surface area (Å²) in [6.07, 6.45) is 2.35. The Balaban J connectivity index is 1.77. The van der Waals surface area contributed by atoms with E-state index >= 15 is 0 Å². The Hall–Kier alpha value is -3.48. The van der Waals surface area contributed by atoms with E-state index in [4.69, 9.17) is 0 Å². The second kappa shape index (κ2) is 7.03. The maximum Gasteiger partial charge on any atom is 0.250 e. The molecule has 2 N–H and O–H groups in total. The predicted molar refractivity (Wildman–Crippen MR) is 102 cm³/mol. The molecular formula is C20H18FN5O. The van der Waals surface area contributed by atoms with E-state index < -0.39 is 0 Å². The minimum atomic E-state index is -0.297. The van der Waals surface area contributed by atoms with Crippen molar-refractivity contribution in [1.29, 1.82) is 0 Å². The van der Waals surface area contributed by atoms with Crippen LogP contribution in [0.3, 0.4) is 0 Å². The molecule has 0 aliphatic carbocycles. The van der Waals surface area contributed by atoms with Crippen molar-refractivity contribution < 1.29 is 9.18 Å². The first-order valence-corrected chi connectivity index (χ1v) is 8.70. The summed E-state index contributed by atoms with van der Waals surface area (Å²) < 4.78 is 15.1. The molecule has 6 nitrogen and oxygen atoms in total. The van der Waals surface area contributed by atoms with Crippen molar-refractivity contribution in [2.75, 3.05) is 10.6 Å². The van der Waals surface area contributed by atoms with Gasteiger partial charge >= 0.3 is 0 Å². The predicted octanol–water partition coefficient (Wildman–Crippen LogP) is 3.82. The number of halogens is 1. The van der Waals surface area contributed by atoms with Crippen LogP contribution in [0.1, 0.15) is 30.5 Å². The number of amides is 1. The number of carbonyl (C=O) groups excluding carboxylic acids is 1. The molecule has 0 spiro atoms. The number of benzene rings is 2. The Labute approximate surface area is 155 Å². The van der Waals surface area contributed by atoms with Gasteiger partial charge in [0.05, 0.1) is 0 Å². The highest BCUT2D eigenvalue weighted by Gasteiger charge is 2.25. The van der Waals surface area contributed by atoms with Gasteiger partial charge in [-0.1, -0.05) is 49.4 Å². The Morgan fingerprint density at radius 1 is 1.19 bits per heavy atom. The molecule has 1 aliphatic heterocycles. The number of allylic oxidation sites excluding steroid dienone is 1. The number of fused-ring (bicyclic) bond motifs is 1. The minimum absolute atomic E-state index is 0.160. The molecule has 1 aliphatic rings. The molecule has 0 fully saturated rings.